The van der Waals surface area contributed by atoms with Gasteiger partial charge in [0.05, 0.1) is 5.60 Å². The molecule has 13 heavy (non-hydrogen) atoms. The molecule has 1 saturated heterocycles. The highest BCUT2D eigenvalue weighted by molar-refractivity contribution is 5.03. The summed E-state index contributed by atoms with van der Waals surface area (Å²) in [6, 6.07) is 0. The van der Waals surface area contributed by atoms with Crippen LogP contribution in [0.15, 0.2) is 0 Å². The third kappa shape index (κ3) is 1.52. The van der Waals surface area contributed by atoms with Crippen LogP contribution in [0.4, 0.5) is 0 Å². The van der Waals surface area contributed by atoms with Gasteiger partial charge in [-0.3, -0.25) is 0 Å². The van der Waals surface area contributed by atoms with Gasteiger partial charge in [-0.1, -0.05) is 13.8 Å². The van der Waals surface area contributed by atoms with Crippen LogP contribution in [0.2, 0.25) is 0 Å². The van der Waals surface area contributed by atoms with E-state index in [1.165, 1.54) is 19.3 Å². The van der Waals surface area contributed by atoms with Crippen molar-refractivity contribution in [1.29, 1.82) is 0 Å². The standard InChI is InChI=1S/C12H21O/c1-11(2)7-5-8-12(3)10(11)6-4-9-13-12/h5,10H,4,6-9H2,1-3H3/t10-,12+/m1/s1. The first-order chi connectivity index (χ1) is 6.05. The topological polar surface area (TPSA) is 9.23 Å². The van der Waals surface area contributed by atoms with Crippen molar-refractivity contribution in [1.82, 2.24) is 0 Å². The first-order valence-corrected chi connectivity index (χ1v) is 5.50. The quantitative estimate of drug-likeness (QED) is 0.557. The summed E-state index contributed by atoms with van der Waals surface area (Å²) in [5.74, 6) is 0.763. The molecule has 0 N–H and O–H groups in total. The van der Waals surface area contributed by atoms with E-state index in [1.807, 2.05) is 0 Å². The van der Waals surface area contributed by atoms with E-state index in [0.29, 0.717) is 5.41 Å². The van der Waals surface area contributed by atoms with Crippen molar-refractivity contribution in [3.05, 3.63) is 6.42 Å². The Bertz CT molecular complexity index is 193. The molecule has 0 amide bonds. The van der Waals surface area contributed by atoms with E-state index in [-0.39, 0.29) is 5.60 Å². The van der Waals surface area contributed by atoms with E-state index < -0.39 is 0 Å². The Hall–Kier alpha value is -0.0400. The summed E-state index contributed by atoms with van der Waals surface area (Å²) >= 11 is 0. The lowest BCUT2D eigenvalue weighted by Crippen LogP contribution is -2.51. The fourth-order valence-corrected chi connectivity index (χ4v) is 3.29. The van der Waals surface area contributed by atoms with E-state index >= 15 is 0 Å². The minimum absolute atomic E-state index is 0.153. The SMILES string of the molecule is CC1(C)C[CH]C[C@]2(C)OCCC[C@H]12. The summed E-state index contributed by atoms with van der Waals surface area (Å²) < 4.78 is 5.97. The third-order valence-corrected chi connectivity index (χ3v) is 3.97. The van der Waals surface area contributed by atoms with Crippen LogP contribution in [0.5, 0.6) is 0 Å². The van der Waals surface area contributed by atoms with Gasteiger partial charge in [0, 0.05) is 6.61 Å². The van der Waals surface area contributed by atoms with Gasteiger partial charge in [-0.15, -0.1) is 0 Å². The number of hydrogen-bond acceptors (Lipinski definition) is 1. The molecule has 2 fully saturated rings. The zero-order chi connectivity index (χ0) is 9.53. The third-order valence-electron chi connectivity index (χ3n) is 3.97. The number of hydrogen-bond donors (Lipinski definition) is 0. The fourth-order valence-electron chi connectivity index (χ4n) is 3.29. The van der Waals surface area contributed by atoms with Crippen LogP contribution < -0.4 is 0 Å². The molecule has 2 rings (SSSR count). The van der Waals surface area contributed by atoms with Crippen LogP contribution in [0.1, 0.15) is 46.5 Å². The molecule has 1 heteroatoms. The fraction of sp³-hybridized carbons (Fsp3) is 0.917. The first-order valence-electron chi connectivity index (χ1n) is 5.50. The zero-order valence-corrected chi connectivity index (χ0v) is 9.10. The molecule has 0 spiro atoms. The molecule has 2 atom stereocenters. The van der Waals surface area contributed by atoms with Crippen LogP contribution in [0, 0.1) is 17.8 Å². The second-order valence-corrected chi connectivity index (χ2v) is 5.54. The van der Waals surface area contributed by atoms with Gasteiger partial charge in [0.15, 0.2) is 0 Å². The van der Waals surface area contributed by atoms with Gasteiger partial charge in [0.1, 0.15) is 0 Å². The predicted octanol–water partition coefficient (Wildman–Crippen LogP) is 3.20. The molecule has 0 aromatic heterocycles. The lowest BCUT2D eigenvalue weighted by Gasteiger charge is -2.53. The molecule has 0 aromatic rings. The molecule has 1 aliphatic carbocycles. The van der Waals surface area contributed by atoms with Gasteiger partial charge in [-0.2, -0.15) is 0 Å². The van der Waals surface area contributed by atoms with Gasteiger partial charge in [-0.05, 0) is 50.4 Å². The molecule has 1 radical (unpaired) electrons. The molecule has 75 valence electrons. The molecular formula is C12H21O. The van der Waals surface area contributed by atoms with Gasteiger partial charge < -0.3 is 4.74 Å². The van der Waals surface area contributed by atoms with E-state index in [9.17, 15) is 0 Å². The molecule has 1 aliphatic heterocycles. The van der Waals surface area contributed by atoms with Crippen LogP contribution in [-0.4, -0.2) is 12.2 Å². The molecule has 1 heterocycles. The minimum Gasteiger partial charge on any atom is -0.375 e. The van der Waals surface area contributed by atoms with Crippen molar-refractivity contribution in [2.24, 2.45) is 11.3 Å². The Balaban J connectivity index is 2.21. The van der Waals surface area contributed by atoms with E-state index in [4.69, 9.17) is 4.74 Å². The molecule has 0 bridgehead atoms. The summed E-state index contributed by atoms with van der Waals surface area (Å²) in [4.78, 5) is 0. The first kappa shape index (κ1) is 9.51. The maximum absolute atomic E-state index is 5.97. The van der Waals surface area contributed by atoms with Crippen molar-refractivity contribution in [3.8, 4) is 0 Å². The van der Waals surface area contributed by atoms with Gasteiger partial charge >= 0.3 is 0 Å². The smallest absolute Gasteiger partial charge is 0.0690 e. The van der Waals surface area contributed by atoms with E-state index in [2.05, 4.69) is 27.2 Å². The lowest BCUT2D eigenvalue weighted by molar-refractivity contribution is -0.153. The maximum atomic E-state index is 5.97. The summed E-state index contributed by atoms with van der Waals surface area (Å²) in [7, 11) is 0. The van der Waals surface area contributed by atoms with Crippen molar-refractivity contribution in [3.63, 3.8) is 0 Å². The highest BCUT2D eigenvalue weighted by Gasteiger charge is 2.48. The maximum Gasteiger partial charge on any atom is 0.0690 e. The van der Waals surface area contributed by atoms with Crippen LogP contribution in [0.3, 0.4) is 0 Å². The van der Waals surface area contributed by atoms with Crippen LogP contribution in [-0.2, 0) is 4.74 Å². The summed E-state index contributed by atoms with van der Waals surface area (Å²) in [6.07, 6.45) is 7.44. The lowest BCUT2D eigenvalue weighted by atomic mass is 9.59. The Kier molecular flexibility index (Phi) is 2.18. The van der Waals surface area contributed by atoms with Gasteiger partial charge in [0.2, 0.25) is 0 Å². The minimum atomic E-state index is 0.153. The zero-order valence-electron chi connectivity index (χ0n) is 9.10. The Morgan fingerprint density at radius 2 is 2.00 bits per heavy atom. The number of fused-ring (bicyclic) bond motifs is 1. The monoisotopic (exact) mass is 181 g/mol. The Morgan fingerprint density at radius 3 is 2.69 bits per heavy atom. The molecule has 1 nitrogen and oxygen atoms in total. The molecule has 0 unspecified atom stereocenters. The van der Waals surface area contributed by atoms with E-state index in [1.54, 1.807) is 0 Å². The summed E-state index contributed by atoms with van der Waals surface area (Å²) in [5.41, 5.74) is 0.605. The van der Waals surface area contributed by atoms with Crippen molar-refractivity contribution in [2.45, 2.75) is 52.1 Å². The Labute approximate surface area is 81.9 Å². The highest BCUT2D eigenvalue weighted by Crippen LogP contribution is 2.51. The van der Waals surface area contributed by atoms with Crippen molar-refractivity contribution in [2.75, 3.05) is 6.61 Å². The van der Waals surface area contributed by atoms with Crippen molar-refractivity contribution >= 4 is 0 Å². The van der Waals surface area contributed by atoms with Crippen LogP contribution in [0.25, 0.3) is 0 Å². The highest BCUT2D eigenvalue weighted by atomic mass is 16.5. The van der Waals surface area contributed by atoms with Gasteiger partial charge in [-0.25, -0.2) is 0 Å². The van der Waals surface area contributed by atoms with Crippen LogP contribution >= 0.6 is 0 Å². The second kappa shape index (κ2) is 2.98. The summed E-state index contributed by atoms with van der Waals surface area (Å²) in [5, 5.41) is 0. The van der Waals surface area contributed by atoms with E-state index in [0.717, 1.165) is 18.9 Å². The number of rotatable bonds is 0. The largest absolute Gasteiger partial charge is 0.375 e. The Morgan fingerprint density at radius 1 is 1.23 bits per heavy atom. The second-order valence-electron chi connectivity index (χ2n) is 5.54. The van der Waals surface area contributed by atoms with Gasteiger partial charge in [0.25, 0.3) is 0 Å². The average molecular weight is 181 g/mol. The predicted molar refractivity (Wildman–Crippen MR) is 54.4 cm³/mol. The molecule has 1 saturated carbocycles. The molecule has 0 aromatic carbocycles. The molecular weight excluding hydrogens is 160 g/mol. The number of ether oxygens (including phenoxy) is 1. The average Bonchev–Trinajstić information content (AvgIpc) is 2.02. The summed E-state index contributed by atoms with van der Waals surface area (Å²) in [6.45, 7) is 8.05. The normalized spacial score (nSPS) is 44.1. The van der Waals surface area contributed by atoms with Crippen molar-refractivity contribution < 1.29 is 4.74 Å². The molecule has 2 aliphatic rings.